The molecule has 2 aliphatic rings. The summed E-state index contributed by atoms with van der Waals surface area (Å²) in [4.78, 5) is 12.1. The molecule has 0 amide bonds. The van der Waals surface area contributed by atoms with Crippen LogP contribution in [0.2, 0.25) is 0 Å². The molecule has 1 aromatic rings. The van der Waals surface area contributed by atoms with Crippen LogP contribution >= 0.6 is 0 Å². The zero-order valence-corrected chi connectivity index (χ0v) is 11.3. The van der Waals surface area contributed by atoms with Gasteiger partial charge in [0.2, 0.25) is 0 Å². The monoisotopic (exact) mass is 276 g/mol. The molecule has 2 atom stereocenters. The second-order valence-electron chi connectivity index (χ2n) is 5.57. The second-order valence-corrected chi connectivity index (χ2v) is 5.57. The van der Waals surface area contributed by atoms with Crippen molar-refractivity contribution in [2.24, 2.45) is 0 Å². The Kier molecular flexibility index (Phi) is 2.59. The highest BCUT2D eigenvalue weighted by molar-refractivity contribution is 6.05. The highest BCUT2D eigenvalue weighted by Crippen LogP contribution is 2.48. The first-order chi connectivity index (χ1) is 9.34. The molecule has 5 heteroatoms. The number of benzene rings is 1. The van der Waals surface area contributed by atoms with Gasteiger partial charge in [0.25, 0.3) is 0 Å². The minimum atomic E-state index is -1.27. The maximum absolute atomic E-state index is 12.1. The van der Waals surface area contributed by atoms with Gasteiger partial charge in [0.15, 0.2) is 11.4 Å². The average molecular weight is 276 g/mol. The van der Waals surface area contributed by atoms with Crippen molar-refractivity contribution in [3.8, 4) is 11.5 Å². The van der Waals surface area contributed by atoms with E-state index in [1.165, 1.54) is 6.07 Å². The number of phenols is 1. The van der Waals surface area contributed by atoms with Gasteiger partial charge in [0.05, 0.1) is 11.7 Å². The molecular weight excluding hydrogens is 260 g/mol. The molecule has 3 rings (SSSR count). The van der Waals surface area contributed by atoms with Crippen molar-refractivity contribution in [2.75, 3.05) is 0 Å². The van der Waals surface area contributed by atoms with Crippen LogP contribution in [0.5, 0.6) is 11.5 Å². The fourth-order valence-electron chi connectivity index (χ4n) is 3.00. The predicted octanol–water partition coefficient (Wildman–Crippen LogP) is 1.84. The van der Waals surface area contributed by atoms with E-state index in [0.717, 1.165) is 5.56 Å². The zero-order valence-electron chi connectivity index (χ0n) is 11.3. The minimum absolute atomic E-state index is 0.0444. The summed E-state index contributed by atoms with van der Waals surface area (Å²) in [6.45, 7) is 3.37. The molecule has 5 nitrogen and oxygen atoms in total. The average Bonchev–Trinajstić information content (AvgIpc) is 2.32. The quantitative estimate of drug-likeness (QED) is 0.673. The van der Waals surface area contributed by atoms with Crippen LogP contribution in [-0.4, -0.2) is 32.8 Å². The Morgan fingerprint density at radius 1 is 1.35 bits per heavy atom. The molecule has 0 spiro atoms. The summed E-state index contributed by atoms with van der Waals surface area (Å²) in [6.07, 6.45) is -0.436. The standard InChI is InChI=1S/C15H16O5/c1-7-5-9(17)12-10(6-7)20-15(2)11(18)4-3-8(16)13(15)14(12)19/h5-6,11,17-19H,3-4H2,1-2H3/t11-,15?/m0/s1. The van der Waals surface area contributed by atoms with Gasteiger partial charge in [-0.05, 0) is 38.0 Å². The van der Waals surface area contributed by atoms with Crippen LogP contribution in [0.3, 0.4) is 0 Å². The van der Waals surface area contributed by atoms with E-state index in [2.05, 4.69) is 0 Å². The van der Waals surface area contributed by atoms with Gasteiger partial charge in [0.1, 0.15) is 22.8 Å². The number of Topliss-reactive ketones (excluding diaryl/α,β-unsaturated/α-hetero) is 1. The predicted molar refractivity (Wildman–Crippen MR) is 71.7 cm³/mol. The van der Waals surface area contributed by atoms with Crippen LogP contribution in [0.15, 0.2) is 17.7 Å². The molecule has 3 N–H and O–H groups in total. The smallest absolute Gasteiger partial charge is 0.166 e. The van der Waals surface area contributed by atoms with Gasteiger partial charge in [0, 0.05) is 6.42 Å². The molecule has 1 aliphatic carbocycles. The lowest BCUT2D eigenvalue weighted by molar-refractivity contribution is -0.124. The van der Waals surface area contributed by atoms with Crippen molar-refractivity contribution >= 4 is 11.5 Å². The van der Waals surface area contributed by atoms with Gasteiger partial charge in [-0.3, -0.25) is 4.79 Å². The van der Waals surface area contributed by atoms with Crippen LogP contribution in [0, 0.1) is 6.92 Å². The van der Waals surface area contributed by atoms with Crippen LogP contribution in [-0.2, 0) is 4.79 Å². The molecule has 20 heavy (non-hydrogen) atoms. The zero-order chi connectivity index (χ0) is 14.7. The molecule has 1 aromatic carbocycles. The summed E-state index contributed by atoms with van der Waals surface area (Å²) in [5.74, 6) is -0.421. The summed E-state index contributed by atoms with van der Waals surface area (Å²) < 4.78 is 5.79. The molecule has 0 radical (unpaired) electrons. The highest BCUT2D eigenvalue weighted by Gasteiger charge is 2.51. The number of hydrogen-bond acceptors (Lipinski definition) is 5. The molecule has 0 aromatic heterocycles. The first-order valence-corrected chi connectivity index (χ1v) is 6.52. The van der Waals surface area contributed by atoms with Crippen LogP contribution < -0.4 is 4.74 Å². The summed E-state index contributed by atoms with van der Waals surface area (Å²) in [5, 5.41) is 30.6. The normalized spacial score (nSPS) is 28.8. The first kappa shape index (κ1) is 13.0. The van der Waals surface area contributed by atoms with Crippen molar-refractivity contribution in [2.45, 2.75) is 38.4 Å². The number of aliphatic hydroxyl groups excluding tert-OH is 2. The molecule has 1 unspecified atom stereocenters. The first-order valence-electron chi connectivity index (χ1n) is 6.52. The van der Waals surface area contributed by atoms with E-state index in [1.54, 1.807) is 19.9 Å². The molecule has 0 bridgehead atoms. The summed E-state index contributed by atoms with van der Waals surface area (Å²) >= 11 is 0. The Balaban J connectivity index is 2.30. The van der Waals surface area contributed by atoms with Gasteiger partial charge < -0.3 is 20.1 Å². The van der Waals surface area contributed by atoms with Gasteiger partial charge >= 0.3 is 0 Å². The SMILES string of the molecule is Cc1cc(O)c2c(c1)OC1(C)C(=C2O)C(=O)CC[C@@H]1O. The maximum atomic E-state index is 12.1. The van der Waals surface area contributed by atoms with Gasteiger partial charge in [-0.15, -0.1) is 0 Å². The van der Waals surface area contributed by atoms with Crippen molar-refractivity contribution in [1.82, 2.24) is 0 Å². The second kappa shape index (κ2) is 3.99. The number of aryl methyl sites for hydroxylation is 1. The Morgan fingerprint density at radius 2 is 2.05 bits per heavy atom. The third kappa shape index (κ3) is 1.56. The number of carbonyl (C=O) groups excluding carboxylic acids is 1. The maximum Gasteiger partial charge on any atom is 0.166 e. The Bertz CT molecular complexity index is 646. The molecule has 1 fully saturated rings. The van der Waals surface area contributed by atoms with E-state index in [-0.39, 0.29) is 40.6 Å². The number of ether oxygens (including phenoxy) is 1. The molecular formula is C15H16O5. The van der Waals surface area contributed by atoms with E-state index in [4.69, 9.17) is 4.74 Å². The van der Waals surface area contributed by atoms with Crippen molar-refractivity contribution in [3.05, 3.63) is 28.8 Å². The van der Waals surface area contributed by atoms with E-state index in [9.17, 15) is 20.1 Å². The van der Waals surface area contributed by atoms with E-state index < -0.39 is 11.7 Å². The number of fused-ring (bicyclic) bond motifs is 2. The third-order valence-electron chi connectivity index (χ3n) is 4.08. The molecule has 1 saturated carbocycles. The molecule has 106 valence electrons. The largest absolute Gasteiger partial charge is 0.507 e. The van der Waals surface area contributed by atoms with Gasteiger partial charge in [-0.1, -0.05) is 0 Å². The fraction of sp³-hybridized carbons (Fsp3) is 0.400. The lowest BCUT2D eigenvalue weighted by Crippen LogP contribution is -2.53. The number of rotatable bonds is 0. The van der Waals surface area contributed by atoms with Crippen molar-refractivity contribution < 1.29 is 24.9 Å². The lowest BCUT2D eigenvalue weighted by atomic mass is 9.75. The summed E-state index contributed by atoms with van der Waals surface area (Å²) in [7, 11) is 0. The molecule has 0 saturated heterocycles. The Hall–Kier alpha value is -2.01. The lowest BCUT2D eigenvalue weighted by Gasteiger charge is -2.43. The van der Waals surface area contributed by atoms with E-state index in [1.807, 2.05) is 0 Å². The van der Waals surface area contributed by atoms with Crippen LogP contribution in [0.25, 0.3) is 5.76 Å². The van der Waals surface area contributed by atoms with Crippen LogP contribution in [0.4, 0.5) is 0 Å². The van der Waals surface area contributed by atoms with E-state index in [0.29, 0.717) is 6.42 Å². The summed E-state index contributed by atoms with van der Waals surface area (Å²) in [5.41, 5.74) is -0.349. The highest BCUT2D eigenvalue weighted by atomic mass is 16.5. The van der Waals surface area contributed by atoms with Crippen molar-refractivity contribution in [1.29, 1.82) is 0 Å². The summed E-state index contributed by atoms with van der Waals surface area (Å²) in [6, 6.07) is 3.16. The number of aliphatic hydroxyl groups is 2. The minimum Gasteiger partial charge on any atom is -0.507 e. The number of carbonyl (C=O) groups is 1. The topological polar surface area (TPSA) is 87.0 Å². The fourth-order valence-corrected chi connectivity index (χ4v) is 3.00. The number of ketones is 1. The third-order valence-corrected chi connectivity index (χ3v) is 4.08. The Labute approximate surface area is 116 Å². The van der Waals surface area contributed by atoms with Crippen LogP contribution in [0.1, 0.15) is 30.9 Å². The molecule has 1 heterocycles. The Morgan fingerprint density at radius 3 is 2.75 bits per heavy atom. The van der Waals surface area contributed by atoms with Crippen molar-refractivity contribution in [3.63, 3.8) is 0 Å². The molecule has 1 aliphatic heterocycles. The number of aromatic hydroxyl groups is 1. The van der Waals surface area contributed by atoms with Gasteiger partial charge in [-0.2, -0.15) is 0 Å². The number of hydrogen-bond donors (Lipinski definition) is 3. The van der Waals surface area contributed by atoms with Gasteiger partial charge in [-0.25, -0.2) is 0 Å². The number of phenolic OH excluding ortho intramolecular Hbond substituents is 1. The van der Waals surface area contributed by atoms with E-state index >= 15 is 0 Å².